The molecule has 1 saturated heterocycles. The lowest BCUT2D eigenvalue weighted by atomic mass is 10.2. The van der Waals surface area contributed by atoms with Gasteiger partial charge in [0.1, 0.15) is 5.75 Å². The Bertz CT molecular complexity index is 949. The highest BCUT2D eigenvalue weighted by molar-refractivity contribution is 8.18. The van der Waals surface area contributed by atoms with Crippen LogP contribution in [0.25, 0.3) is 11.8 Å². The highest BCUT2D eigenvalue weighted by Gasteiger charge is 2.34. The molecule has 0 bridgehead atoms. The molecule has 1 aromatic heterocycles. The summed E-state index contributed by atoms with van der Waals surface area (Å²) < 4.78 is 7.30. The van der Waals surface area contributed by atoms with Crippen LogP contribution < -0.4 is 4.74 Å². The van der Waals surface area contributed by atoms with Crippen molar-refractivity contribution in [2.75, 3.05) is 13.7 Å². The molecule has 5 nitrogen and oxygen atoms in total. The Kier molecular flexibility index (Phi) is 4.92. The molecule has 1 fully saturated rings. The van der Waals surface area contributed by atoms with Crippen molar-refractivity contribution in [1.82, 2.24) is 9.47 Å². The molecule has 0 unspecified atom stereocenters. The number of benzene rings is 1. The van der Waals surface area contributed by atoms with Crippen molar-refractivity contribution in [1.29, 1.82) is 0 Å². The minimum Gasteiger partial charge on any atom is -0.497 e. The molecule has 0 atom stereocenters. The second-order valence-electron chi connectivity index (χ2n) is 5.83. The van der Waals surface area contributed by atoms with Gasteiger partial charge in [-0.25, -0.2) is 0 Å². The average molecular weight is 366 g/mol. The van der Waals surface area contributed by atoms with Crippen LogP contribution in [0.1, 0.15) is 17.0 Å². The Labute approximate surface area is 156 Å². The number of rotatable bonds is 4. The molecule has 132 valence electrons. The number of carbonyl (C=O) groups is 2. The normalized spacial score (nSPS) is 15.6. The molecule has 0 N–H and O–H groups in total. The zero-order valence-corrected chi connectivity index (χ0v) is 15.6. The maximum absolute atomic E-state index is 12.4. The first-order valence-corrected chi connectivity index (χ1v) is 8.80. The minimum absolute atomic E-state index is 0.00707. The Morgan fingerprint density at radius 3 is 2.54 bits per heavy atom. The van der Waals surface area contributed by atoms with Gasteiger partial charge in [0.15, 0.2) is 0 Å². The van der Waals surface area contributed by atoms with E-state index in [4.69, 9.17) is 11.2 Å². The van der Waals surface area contributed by atoms with Crippen LogP contribution in [0.3, 0.4) is 0 Å². The summed E-state index contributed by atoms with van der Waals surface area (Å²) in [6.07, 6.45) is 6.98. The second-order valence-corrected chi connectivity index (χ2v) is 6.83. The van der Waals surface area contributed by atoms with E-state index in [0.29, 0.717) is 4.91 Å². The van der Waals surface area contributed by atoms with Gasteiger partial charge in [0, 0.05) is 17.1 Å². The molecule has 0 aliphatic carbocycles. The van der Waals surface area contributed by atoms with E-state index < -0.39 is 0 Å². The van der Waals surface area contributed by atoms with E-state index in [-0.39, 0.29) is 17.7 Å². The molecule has 2 amide bonds. The Balaban J connectivity index is 1.97. The SMILES string of the molecule is C#CCN1C(=O)S/C(=C\c2cc(C)n(-c3ccc(OC)cc3)c2C)C1=O. The van der Waals surface area contributed by atoms with E-state index in [1.165, 1.54) is 0 Å². The summed E-state index contributed by atoms with van der Waals surface area (Å²) in [4.78, 5) is 25.8. The van der Waals surface area contributed by atoms with Crippen LogP contribution >= 0.6 is 11.8 Å². The molecular formula is C20H18N2O3S. The summed E-state index contributed by atoms with van der Waals surface area (Å²) in [6.45, 7) is 3.97. The van der Waals surface area contributed by atoms with Gasteiger partial charge in [0.2, 0.25) is 0 Å². The number of thioether (sulfide) groups is 1. The lowest BCUT2D eigenvalue weighted by Gasteiger charge is -2.10. The third-order valence-electron chi connectivity index (χ3n) is 4.21. The number of hydrogen-bond donors (Lipinski definition) is 0. The lowest BCUT2D eigenvalue weighted by Crippen LogP contribution is -2.28. The first kappa shape index (κ1) is 17.9. The van der Waals surface area contributed by atoms with Crippen LogP contribution in [0.5, 0.6) is 5.75 Å². The summed E-state index contributed by atoms with van der Waals surface area (Å²) >= 11 is 0.918. The standard InChI is InChI=1S/C20H18N2O3S/c1-5-10-21-19(23)18(26-20(21)24)12-15-11-13(2)22(14(15)3)16-6-8-17(25-4)9-7-16/h1,6-9,11-12H,10H2,2-4H3/b18-12-. The van der Waals surface area contributed by atoms with Crippen LogP contribution in [0.2, 0.25) is 0 Å². The number of aryl methyl sites for hydroxylation is 1. The predicted molar refractivity (Wildman–Crippen MR) is 103 cm³/mol. The molecule has 2 heterocycles. The van der Waals surface area contributed by atoms with E-state index in [0.717, 1.165) is 45.1 Å². The molecule has 0 spiro atoms. The smallest absolute Gasteiger partial charge is 0.294 e. The van der Waals surface area contributed by atoms with E-state index in [2.05, 4.69) is 10.5 Å². The topological polar surface area (TPSA) is 51.5 Å². The van der Waals surface area contributed by atoms with Gasteiger partial charge >= 0.3 is 0 Å². The third-order valence-corrected chi connectivity index (χ3v) is 5.12. The number of methoxy groups -OCH3 is 1. The first-order valence-electron chi connectivity index (χ1n) is 7.98. The van der Waals surface area contributed by atoms with Gasteiger partial charge in [-0.1, -0.05) is 5.92 Å². The van der Waals surface area contributed by atoms with Crippen molar-refractivity contribution in [3.8, 4) is 23.8 Å². The van der Waals surface area contributed by atoms with Gasteiger partial charge in [0.05, 0.1) is 18.6 Å². The fraction of sp³-hybridized carbons (Fsp3) is 0.200. The molecule has 0 saturated carbocycles. The van der Waals surface area contributed by atoms with Gasteiger partial charge in [-0.15, -0.1) is 6.42 Å². The summed E-state index contributed by atoms with van der Waals surface area (Å²) in [5.74, 6) is 2.79. The minimum atomic E-state index is -0.341. The molecule has 1 aliphatic heterocycles. The molecule has 6 heteroatoms. The van der Waals surface area contributed by atoms with Crippen molar-refractivity contribution < 1.29 is 14.3 Å². The largest absolute Gasteiger partial charge is 0.497 e. The lowest BCUT2D eigenvalue weighted by molar-refractivity contribution is -0.122. The molecule has 2 aromatic rings. The summed E-state index contributed by atoms with van der Waals surface area (Å²) in [5.41, 5.74) is 3.91. The second kappa shape index (κ2) is 7.14. The van der Waals surface area contributed by atoms with Crippen LogP contribution in [-0.2, 0) is 4.79 Å². The van der Waals surface area contributed by atoms with Crippen LogP contribution in [-0.4, -0.2) is 34.3 Å². The number of carbonyl (C=O) groups excluding carboxylic acids is 2. The van der Waals surface area contributed by atoms with Gasteiger partial charge in [-0.05, 0) is 67.6 Å². The van der Waals surface area contributed by atoms with Gasteiger partial charge < -0.3 is 9.30 Å². The Morgan fingerprint density at radius 2 is 1.92 bits per heavy atom. The van der Waals surface area contributed by atoms with E-state index in [1.807, 2.05) is 44.2 Å². The fourth-order valence-corrected chi connectivity index (χ4v) is 3.76. The highest BCUT2D eigenvalue weighted by Crippen LogP contribution is 2.33. The van der Waals surface area contributed by atoms with Crippen molar-refractivity contribution in [2.45, 2.75) is 13.8 Å². The van der Waals surface area contributed by atoms with Crippen LogP contribution in [0.4, 0.5) is 4.79 Å². The van der Waals surface area contributed by atoms with Crippen LogP contribution in [0, 0.1) is 26.2 Å². The number of nitrogens with zero attached hydrogens (tertiary/aromatic N) is 2. The Morgan fingerprint density at radius 1 is 1.23 bits per heavy atom. The first-order chi connectivity index (χ1) is 12.5. The molecular weight excluding hydrogens is 348 g/mol. The van der Waals surface area contributed by atoms with Gasteiger partial charge in [0.25, 0.3) is 11.1 Å². The number of ether oxygens (including phenoxy) is 1. The molecule has 26 heavy (non-hydrogen) atoms. The highest BCUT2D eigenvalue weighted by atomic mass is 32.2. The summed E-state index contributed by atoms with van der Waals surface area (Å²) in [6, 6.07) is 9.75. The average Bonchev–Trinajstić information content (AvgIpc) is 3.05. The summed E-state index contributed by atoms with van der Waals surface area (Å²) in [5, 5.41) is -0.330. The summed E-state index contributed by atoms with van der Waals surface area (Å²) in [7, 11) is 1.63. The molecule has 3 rings (SSSR count). The quantitative estimate of drug-likeness (QED) is 0.610. The maximum Gasteiger partial charge on any atom is 0.294 e. The molecule has 1 aromatic carbocycles. The van der Waals surface area contributed by atoms with Gasteiger partial charge in [-0.3, -0.25) is 14.5 Å². The number of terminal acetylenes is 1. The van der Waals surface area contributed by atoms with Crippen molar-refractivity contribution in [3.05, 3.63) is 52.2 Å². The van der Waals surface area contributed by atoms with Crippen molar-refractivity contribution in [3.63, 3.8) is 0 Å². The van der Waals surface area contributed by atoms with Crippen LogP contribution in [0.15, 0.2) is 35.2 Å². The number of hydrogen-bond acceptors (Lipinski definition) is 4. The van der Waals surface area contributed by atoms with E-state index in [9.17, 15) is 9.59 Å². The monoisotopic (exact) mass is 366 g/mol. The fourth-order valence-electron chi connectivity index (χ4n) is 2.93. The number of aromatic nitrogens is 1. The van der Waals surface area contributed by atoms with E-state index in [1.54, 1.807) is 13.2 Å². The maximum atomic E-state index is 12.4. The number of imide groups is 1. The van der Waals surface area contributed by atoms with Crippen molar-refractivity contribution >= 4 is 29.0 Å². The third kappa shape index (κ3) is 3.14. The van der Waals surface area contributed by atoms with E-state index >= 15 is 0 Å². The number of amides is 2. The zero-order valence-electron chi connectivity index (χ0n) is 14.8. The predicted octanol–water partition coefficient (Wildman–Crippen LogP) is 3.77. The van der Waals surface area contributed by atoms with Crippen molar-refractivity contribution in [2.24, 2.45) is 0 Å². The zero-order chi connectivity index (χ0) is 18.8. The molecule has 1 aliphatic rings. The molecule has 0 radical (unpaired) electrons. The van der Waals surface area contributed by atoms with Gasteiger partial charge in [-0.2, -0.15) is 0 Å². The Hall–Kier alpha value is -2.91.